The van der Waals surface area contributed by atoms with Gasteiger partial charge in [0.15, 0.2) is 5.65 Å². The lowest BCUT2D eigenvalue weighted by atomic mass is 10.1. The highest BCUT2D eigenvalue weighted by molar-refractivity contribution is 5.67. The molecular formula is C16H17N5. The second kappa shape index (κ2) is 4.86. The number of pyridine rings is 1. The minimum atomic E-state index is 0.889. The molecule has 0 atom stereocenters. The van der Waals surface area contributed by atoms with Crippen LogP contribution in [0.5, 0.6) is 0 Å². The Hall–Kier alpha value is -2.40. The van der Waals surface area contributed by atoms with Crippen molar-refractivity contribution >= 4 is 17.2 Å². The molecule has 1 aliphatic heterocycles. The number of aryl methyl sites for hydroxylation is 1. The Morgan fingerprint density at radius 2 is 2.10 bits per heavy atom. The molecule has 5 nitrogen and oxygen atoms in total. The van der Waals surface area contributed by atoms with Crippen molar-refractivity contribution in [3.63, 3.8) is 0 Å². The van der Waals surface area contributed by atoms with Crippen LogP contribution in [-0.2, 0) is 6.54 Å². The topological polar surface area (TPSA) is 45.5 Å². The molecule has 3 heterocycles. The van der Waals surface area contributed by atoms with Crippen molar-refractivity contribution in [2.24, 2.45) is 0 Å². The maximum Gasteiger partial charge on any atom is 0.157 e. The van der Waals surface area contributed by atoms with Gasteiger partial charge in [0.2, 0.25) is 0 Å². The number of fused-ring (bicyclic) bond motifs is 2. The number of hydrogen-bond donors (Lipinski definition) is 1. The molecule has 1 aliphatic rings. The summed E-state index contributed by atoms with van der Waals surface area (Å²) in [6, 6.07) is 12.8. The van der Waals surface area contributed by atoms with Gasteiger partial charge in [0.05, 0.1) is 0 Å². The third-order valence-electron chi connectivity index (χ3n) is 3.89. The van der Waals surface area contributed by atoms with Crippen LogP contribution in [0.4, 0.5) is 11.5 Å². The summed E-state index contributed by atoms with van der Waals surface area (Å²) in [7, 11) is 0. The quantitative estimate of drug-likeness (QED) is 0.742. The average Bonchev–Trinajstić information content (AvgIpc) is 2.85. The number of aromatic nitrogens is 3. The summed E-state index contributed by atoms with van der Waals surface area (Å²) in [4.78, 5) is 6.65. The van der Waals surface area contributed by atoms with Crippen LogP contribution in [0.25, 0.3) is 5.65 Å². The lowest BCUT2D eigenvalue weighted by Crippen LogP contribution is -2.26. The molecule has 0 radical (unpaired) electrons. The maximum atomic E-state index is 4.38. The van der Waals surface area contributed by atoms with Crippen LogP contribution in [0.3, 0.4) is 0 Å². The molecule has 1 N–H and O–H groups in total. The zero-order valence-corrected chi connectivity index (χ0v) is 12.0. The standard InChI is InChI=1S/C16H17N5/c1-12-8-15-18-11-19-21(15)16(9-12)20-7-6-17-10-13-4-2-3-5-14(13)20/h2-5,8-9,11,17H,6-7,10H2,1H3. The van der Waals surface area contributed by atoms with E-state index in [9.17, 15) is 0 Å². The molecule has 2 aromatic heterocycles. The van der Waals surface area contributed by atoms with Gasteiger partial charge in [-0.25, -0.2) is 4.98 Å². The third-order valence-corrected chi connectivity index (χ3v) is 3.89. The second-order valence-electron chi connectivity index (χ2n) is 5.38. The summed E-state index contributed by atoms with van der Waals surface area (Å²) in [5, 5.41) is 7.85. The minimum Gasteiger partial charge on any atom is -0.325 e. The summed E-state index contributed by atoms with van der Waals surface area (Å²) in [5.74, 6) is 1.07. The lowest BCUT2D eigenvalue weighted by molar-refractivity contribution is 0.708. The van der Waals surface area contributed by atoms with Crippen molar-refractivity contribution in [1.29, 1.82) is 0 Å². The molecule has 21 heavy (non-hydrogen) atoms. The highest BCUT2D eigenvalue weighted by Gasteiger charge is 2.19. The third kappa shape index (κ3) is 2.06. The van der Waals surface area contributed by atoms with Crippen LogP contribution in [0, 0.1) is 6.92 Å². The molecule has 0 amide bonds. The Morgan fingerprint density at radius 3 is 3.05 bits per heavy atom. The first-order chi connectivity index (χ1) is 10.3. The fraction of sp³-hybridized carbons (Fsp3) is 0.250. The zero-order chi connectivity index (χ0) is 14.2. The molecule has 0 fully saturated rings. The molecule has 3 aromatic rings. The molecular weight excluding hydrogens is 262 g/mol. The van der Waals surface area contributed by atoms with Crippen molar-refractivity contribution in [3.05, 3.63) is 53.9 Å². The van der Waals surface area contributed by atoms with Crippen LogP contribution >= 0.6 is 0 Å². The molecule has 0 unspecified atom stereocenters. The number of nitrogens with zero attached hydrogens (tertiary/aromatic N) is 4. The molecule has 0 saturated heterocycles. The van der Waals surface area contributed by atoms with Crippen LogP contribution in [0.15, 0.2) is 42.7 Å². The molecule has 0 aliphatic carbocycles. The van der Waals surface area contributed by atoms with Gasteiger partial charge in [-0.05, 0) is 36.2 Å². The molecule has 1 aromatic carbocycles. The van der Waals surface area contributed by atoms with E-state index in [0.717, 1.165) is 31.1 Å². The number of para-hydroxylation sites is 1. The van der Waals surface area contributed by atoms with Crippen molar-refractivity contribution in [2.75, 3.05) is 18.0 Å². The summed E-state index contributed by atoms with van der Waals surface area (Å²) in [5.41, 5.74) is 4.63. The van der Waals surface area contributed by atoms with Gasteiger partial charge in [-0.1, -0.05) is 18.2 Å². The van der Waals surface area contributed by atoms with Gasteiger partial charge in [-0.15, -0.1) is 0 Å². The van der Waals surface area contributed by atoms with E-state index < -0.39 is 0 Å². The van der Waals surface area contributed by atoms with Crippen molar-refractivity contribution in [3.8, 4) is 0 Å². The van der Waals surface area contributed by atoms with Crippen molar-refractivity contribution in [1.82, 2.24) is 19.9 Å². The van der Waals surface area contributed by atoms with Crippen molar-refractivity contribution in [2.45, 2.75) is 13.5 Å². The Balaban J connectivity index is 1.94. The first-order valence-electron chi connectivity index (χ1n) is 7.19. The number of nitrogens with one attached hydrogen (secondary N) is 1. The largest absolute Gasteiger partial charge is 0.325 e. The Morgan fingerprint density at radius 1 is 1.19 bits per heavy atom. The van der Waals surface area contributed by atoms with Crippen LogP contribution in [0.2, 0.25) is 0 Å². The fourth-order valence-electron chi connectivity index (χ4n) is 2.92. The van der Waals surface area contributed by atoms with Crippen LogP contribution < -0.4 is 10.2 Å². The van der Waals surface area contributed by atoms with E-state index in [2.05, 4.69) is 63.6 Å². The molecule has 0 spiro atoms. The Kier molecular flexibility index (Phi) is 2.86. The Labute approximate surface area is 123 Å². The second-order valence-corrected chi connectivity index (χ2v) is 5.38. The maximum absolute atomic E-state index is 4.38. The predicted octanol–water partition coefficient (Wildman–Crippen LogP) is 2.28. The zero-order valence-electron chi connectivity index (χ0n) is 12.0. The highest BCUT2D eigenvalue weighted by atomic mass is 15.4. The van der Waals surface area contributed by atoms with E-state index in [1.165, 1.54) is 16.8 Å². The smallest absolute Gasteiger partial charge is 0.157 e. The van der Waals surface area contributed by atoms with E-state index in [1.807, 2.05) is 4.52 Å². The van der Waals surface area contributed by atoms with Gasteiger partial charge in [-0.2, -0.15) is 9.61 Å². The van der Waals surface area contributed by atoms with Crippen LogP contribution in [0.1, 0.15) is 11.1 Å². The lowest BCUT2D eigenvalue weighted by Gasteiger charge is -2.25. The molecule has 5 heteroatoms. The molecule has 4 rings (SSSR count). The predicted molar refractivity (Wildman–Crippen MR) is 82.9 cm³/mol. The van der Waals surface area contributed by atoms with E-state index in [1.54, 1.807) is 6.33 Å². The Bertz CT molecular complexity index is 792. The molecule has 0 bridgehead atoms. The molecule has 0 saturated carbocycles. The van der Waals surface area contributed by atoms with Gasteiger partial charge in [-0.3, -0.25) is 0 Å². The van der Waals surface area contributed by atoms with Gasteiger partial charge in [0.25, 0.3) is 0 Å². The highest BCUT2D eigenvalue weighted by Crippen LogP contribution is 2.30. The van der Waals surface area contributed by atoms with E-state index >= 15 is 0 Å². The van der Waals surface area contributed by atoms with Crippen LogP contribution in [-0.4, -0.2) is 27.7 Å². The summed E-state index contributed by atoms with van der Waals surface area (Å²) in [6.07, 6.45) is 1.61. The number of anilines is 2. The number of benzene rings is 1. The van der Waals surface area contributed by atoms with E-state index in [-0.39, 0.29) is 0 Å². The fourth-order valence-corrected chi connectivity index (χ4v) is 2.92. The monoisotopic (exact) mass is 279 g/mol. The number of hydrogen-bond acceptors (Lipinski definition) is 4. The van der Waals surface area contributed by atoms with Gasteiger partial charge >= 0.3 is 0 Å². The first kappa shape index (κ1) is 12.3. The first-order valence-corrected chi connectivity index (χ1v) is 7.19. The number of rotatable bonds is 1. The van der Waals surface area contributed by atoms with Gasteiger partial charge < -0.3 is 10.2 Å². The summed E-state index contributed by atoms with van der Waals surface area (Å²) < 4.78 is 1.91. The minimum absolute atomic E-state index is 0.889. The summed E-state index contributed by atoms with van der Waals surface area (Å²) in [6.45, 7) is 4.85. The SMILES string of the molecule is Cc1cc(N2CCNCc3ccccc32)n2ncnc2c1. The normalized spacial score (nSPS) is 15.0. The van der Waals surface area contributed by atoms with E-state index in [4.69, 9.17) is 0 Å². The summed E-state index contributed by atoms with van der Waals surface area (Å²) >= 11 is 0. The van der Waals surface area contributed by atoms with Crippen molar-refractivity contribution < 1.29 is 0 Å². The molecule has 106 valence electrons. The van der Waals surface area contributed by atoms with Gasteiger partial charge in [0.1, 0.15) is 12.1 Å². The average molecular weight is 279 g/mol. The van der Waals surface area contributed by atoms with Gasteiger partial charge in [0, 0.05) is 25.3 Å². The van der Waals surface area contributed by atoms with E-state index in [0.29, 0.717) is 0 Å².